The molecule has 7 heteroatoms. The van der Waals surface area contributed by atoms with Crippen LogP contribution in [0.2, 0.25) is 5.02 Å². The van der Waals surface area contributed by atoms with Gasteiger partial charge < -0.3 is 0 Å². The fraction of sp³-hybridized carbons (Fsp3) is 0.176. The predicted molar refractivity (Wildman–Crippen MR) is 87.2 cm³/mol. The summed E-state index contributed by atoms with van der Waals surface area (Å²) in [5, 5.41) is 0.761. The third-order valence-corrected chi connectivity index (χ3v) is 3.92. The van der Waals surface area contributed by atoms with Crippen LogP contribution in [-0.2, 0) is 6.54 Å². The molecule has 0 aliphatic heterocycles. The first-order chi connectivity index (χ1) is 11.3. The second kappa shape index (κ2) is 5.94. The lowest BCUT2D eigenvalue weighted by atomic mass is 10.0. The smallest absolute Gasteiger partial charge is 0.283 e. The van der Waals surface area contributed by atoms with Crippen LogP contribution in [0.3, 0.4) is 0 Å². The molecule has 0 spiro atoms. The molecule has 24 heavy (non-hydrogen) atoms. The summed E-state index contributed by atoms with van der Waals surface area (Å²) in [7, 11) is 0. The Morgan fingerprint density at radius 3 is 2.54 bits per heavy atom. The van der Waals surface area contributed by atoms with Gasteiger partial charge in [0.2, 0.25) is 0 Å². The van der Waals surface area contributed by atoms with Crippen molar-refractivity contribution in [3.8, 4) is 11.3 Å². The minimum atomic E-state index is -4.53. The normalized spacial score (nSPS) is 11.9. The summed E-state index contributed by atoms with van der Waals surface area (Å²) >= 11 is 6.01. The molecule has 0 unspecified atom stereocenters. The number of hydrogen-bond acceptors (Lipinski definition) is 2. The molecule has 0 aliphatic rings. The van der Waals surface area contributed by atoms with E-state index in [1.165, 1.54) is 18.2 Å². The summed E-state index contributed by atoms with van der Waals surface area (Å²) in [5.41, 5.74) is 1.07. The molecule has 0 radical (unpaired) electrons. The maximum Gasteiger partial charge on any atom is 0.406 e. The highest BCUT2D eigenvalue weighted by atomic mass is 35.5. The van der Waals surface area contributed by atoms with E-state index in [2.05, 4.69) is 4.98 Å². The van der Waals surface area contributed by atoms with Crippen molar-refractivity contribution < 1.29 is 13.2 Å². The summed E-state index contributed by atoms with van der Waals surface area (Å²) in [6.45, 7) is 0.444. The van der Waals surface area contributed by atoms with Crippen LogP contribution in [0, 0.1) is 6.92 Å². The summed E-state index contributed by atoms with van der Waals surface area (Å²) in [4.78, 5) is 16.1. The zero-order valence-electron chi connectivity index (χ0n) is 12.6. The number of nitrogens with zero attached hydrogens (tertiary/aromatic N) is 2. The van der Waals surface area contributed by atoms with Gasteiger partial charge in [0.05, 0.1) is 11.2 Å². The Labute approximate surface area is 140 Å². The number of alkyl halides is 3. The molecule has 0 fully saturated rings. The van der Waals surface area contributed by atoms with Gasteiger partial charge in [0.1, 0.15) is 6.54 Å². The third-order valence-electron chi connectivity index (χ3n) is 3.68. The first-order valence-corrected chi connectivity index (χ1v) is 7.47. The molecule has 1 aromatic heterocycles. The van der Waals surface area contributed by atoms with Crippen molar-refractivity contribution in [1.82, 2.24) is 9.55 Å². The van der Waals surface area contributed by atoms with Crippen LogP contribution in [0.4, 0.5) is 13.2 Å². The molecule has 2 aromatic carbocycles. The zero-order valence-corrected chi connectivity index (χ0v) is 13.3. The topological polar surface area (TPSA) is 34.9 Å². The fourth-order valence-corrected chi connectivity index (χ4v) is 2.80. The van der Waals surface area contributed by atoms with Crippen molar-refractivity contribution in [1.29, 1.82) is 0 Å². The second-order valence-corrected chi connectivity index (χ2v) is 5.86. The number of rotatable bonds is 2. The quantitative estimate of drug-likeness (QED) is 0.676. The molecular formula is C17H12ClF3N2O. The van der Waals surface area contributed by atoms with Crippen LogP contribution in [-0.4, -0.2) is 15.7 Å². The van der Waals surface area contributed by atoms with E-state index >= 15 is 0 Å². The molecule has 3 nitrogen and oxygen atoms in total. The number of fused-ring (bicyclic) bond motifs is 1. The lowest BCUT2D eigenvalue weighted by Crippen LogP contribution is -2.30. The molecule has 124 valence electrons. The highest BCUT2D eigenvalue weighted by Gasteiger charge is 2.30. The van der Waals surface area contributed by atoms with Crippen LogP contribution in [0.25, 0.3) is 22.2 Å². The molecule has 0 saturated heterocycles. The third kappa shape index (κ3) is 3.14. The molecule has 3 rings (SSSR count). The van der Waals surface area contributed by atoms with E-state index in [1.54, 1.807) is 12.1 Å². The molecule has 0 aliphatic carbocycles. The van der Waals surface area contributed by atoms with Crippen molar-refractivity contribution in [2.75, 3.05) is 0 Å². The Kier molecular flexibility index (Phi) is 4.09. The minimum Gasteiger partial charge on any atom is -0.283 e. The maximum absolute atomic E-state index is 12.8. The number of aryl methyl sites for hydroxylation is 1. The van der Waals surface area contributed by atoms with Gasteiger partial charge in [-0.15, -0.1) is 0 Å². The second-order valence-electron chi connectivity index (χ2n) is 5.42. The van der Waals surface area contributed by atoms with Crippen LogP contribution in [0.1, 0.15) is 5.56 Å². The lowest BCUT2D eigenvalue weighted by molar-refractivity contribution is -0.140. The average Bonchev–Trinajstić information content (AvgIpc) is 2.49. The van der Waals surface area contributed by atoms with Crippen LogP contribution < -0.4 is 5.69 Å². The molecule has 1 heterocycles. The van der Waals surface area contributed by atoms with Gasteiger partial charge in [-0.1, -0.05) is 35.9 Å². The Morgan fingerprint density at radius 1 is 1.17 bits per heavy atom. The SMILES string of the molecule is Cc1ccccc1-c1nc(=O)n(CC(F)(F)F)c2ccc(Cl)cc12. The number of hydrogen-bond donors (Lipinski definition) is 0. The van der Waals surface area contributed by atoms with E-state index in [-0.39, 0.29) is 5.52 Å². The van der Waals surface area contributed by atoms with Gasteiger partial charge in [0.25, 0.3) is 0 Å². The molecule has 0 bridgehead atoms. The van der Waals surface area contributed by atoms with Crippen LogP contribution in [0.15, 0.2) is 47.3 Å². The summed E-state index contributed by atoms with van der Waals surface area (Å²) < 4.78 is 39.0. The van der Waals surface area contributed by atoms with Gasteiger partial charge in [-0.3, -0.25) is 4.57 Å². The Hall–Kier alpha value is -2.34. The number of benzene rings is 2. The first kappa shape index (κ1) is 16.5. The summed E-state index contributed by atoms with van der Waals surface area (Å²) in [5.74, 6) is 0. The van der Waals surface area contributed by atoms with Gasteiger partial charge in [-0.05, 0) is 30.7 Å². The zero-order chi connectivity index (χ0) is 17.5. The average molecular weight is 353 g/mol. The van der Waals surface area contributed by atoms with Crippen molar-refractivity contribution in [2.45, 2.75) is 19.6 Å². The molecule has 0 N–H and O–H groups in total. The Balaban J connectivity index is 2.37. The molecule has 0 amide bonds. The van der Waals surface area contributed by atoms with Crippen molar-refractivity contribution in [3.63, 3.8) is 0 Å². The Bertz CT molecular complexity index is 980. The highest BCUT2D eigenvalue weighted by Crippen LogP contribution is 2.30. The van der Waals surface area contributed by atoms with E-state index in [4.69, 9.17) is 11.6 Å². The van der Waals surface area contributed by atoms with Crippen molar-refractivity contribution in [3.05, 3.63) is 63.5 Å². The van der Waals surface area contributed by atoms with Crippen LogP contribution >= 0.6 is 11.6 Å². The van der Waals surface area contributed by atoms with Gasteiger partial charge >= 0.3 is 11.9 Å². The largest absolute Gasteiger partial charge is 0.406 e. The maximum atomic E-state index is 12.8. The van der Waals surface area contributed by atoms with Crippen LogP contribution in [0.5, 0.6) is 0 Å². The van der Waals surface area contributed by atoms with E-state index in [0.29, 0.717) is 26.2 Å². The van der Waals surface area contributed by atoms with Gasteiger partial charge in [-0.2, -0.15) is 18.2 Å². The molecule has 0 atom stereocenters. The molecule has 0 saturated carbocycles. The molecular weight excluding hydrogens is 341 g/mol. The Morgan fingerprint density at radius 2 is 1.88 bits per heavy atom. The first-order valence-electron chi connectivity index (χ1n) is 7.09. The van der Waals surface area contributed by atoms with E-state index < -0.39 is 18.4 Å². The summed E-state index contributed by atoms with van der Waals surface area (Å²) in [6, 6.07) is 11.6. The van der Waals surface area contributed by atoms with Crippen molar-refractivity contribution in [2.24, 2.45) is 0 Å². The summed E-state index contributed by atoms with van der Waals surface area (Å²) in [6.07, 6.45) is -4.53. The number of aromatic nitrogens is 2. The highest BCUT2D eigenvalue weighted by molar-refractivity contribution is 6.31. The van der Waals surface area contributed by atoms with Gasteiger partial charge in [-0.25, -0.2) is 4.79 Å². The van der Waals surface area contributed by atoms with E-state index in [0.717, 1.165) is 5.56 Å². The standard InChI is InChI=1S/C17H12ClF3N2O/c1-10-4-2-3-5-12(10)15-13-8-11(18)6-7-14(13)23(16(24)22-15)9-17(19,20)21/h2-8H,9H2,1H3. The van der Waals surface area contributed by atoms with Gasteiger partial charge in [0, 0.05) is 16.0 Å². The van der Waals surface area contributed by atoms with Crippen molar-refractivity contribution >= 4 is 22.5 Å². The van der Waals surface area contributed by atoms with Gasteiger partial charge in [0.15, 0.2) is 0 Å². The minimum absolute atomic E-state index is 0.148. The molecule has 3 aromatic rings. The fourth-order valence-electron chi connectivity index (χ4n) is 2.63. The monoisotopic (exact) mass is 352 g/mol. The predicted octanol–water partition coefficient (Wildman–Crippen LogP) is 4.59. The lowest BCUT2D eigenvalue weighted by Gasteiger charge is -2.15. The number of halogens is 4. The van der Waals surface area contributed by atoms with E-state index in [1.807, 2.05) is 19.1 Å². The van der Waals surface area contributed by atoms with E-state index in [9.17, 15) is 18.0 Å².